The van der Waals surface area contributed by atoms with Crippen molar-refractivity contribution in [3.63, 3.8) is 0 Å². The van der Waals surface area contributed by atoms with Gasteiger partial charge in [0.15, 0.2) is 0 Å². The summed E-state index contributed by atoms with van der Waals surface area (Å²) in [5.74, 6) is 0. The molecule has 0 aromatic heterocycles. The highest BCUT2D eigenvalue weighted by atomic mass is 19.1. The lowest BCUT2D eigenvalue weighted by Crippen LogP contribution is -2.33. The fraction of sp³-hybridized carbons (Fsp3) is 0.750. The molecule has 0 spiro atoms. The van der Waals surface area contributed by atoms with Gasteiger partial charge in [-0.3, -0.25) is 0 Å². The summed E-state index contributed by atoms with van der Waals surface area (Å²) in [6, 6.07) is 0. The van der Waals surface area contributed by atoms with Gasteiger partial charge in [0, 0.05) is 20.6 Å². The predicted molar refractivity (Wildman–Crippen MR) is 40.2 cm³/mol. The molecule has 0 aromatic rings. The van der Waals surface area contributed by atoms with Crippen LogP contribution >= 0.6 is 0 Å². The largest absolute Gasteiger partial charge is 0.378 e. The second-order valence-corrected chi connectivity index (χ2v) is 2.61. The Kier molecular flexibility index (Phi) is 3.02. The Morgan fingerprint density at radius 1 is 1.27 bits per heavy atom. The van der Waals surface area contributed by atoms with Crippen LogP contribution in [0.1, 0.15) is 6.42 Å². The molecule has 3 atom stereocenters. The van der Waals surface area contributed by atoms with E-state index in [1.165, 1.54) is 6.08 Å². The van der Waals surface area contributed by atoms with Crippen LogP contribution in [-0.2, 0) is 9.47 Å². The van der Waals surface area contributed by atoms with Crippen molar-refractivity contribution in [2.45, 2.75) is 24.8 Å². The average molecular weight is 160 g/mol. The first-order valence-corrected chi connectivity index (χ1v) is 3.66. The molecule has 3 heteroatoms. The first kappa shape index (κ1) is 8.68. The molecule has 1 aliphatic carbocycles. The van der Waals surface area contributed by atoms with Gasteiger partial charge in [0.25, 0.3) is 0 Å². The van der Waals surface area contributed by atoms with Gasteiger partial charge in [-0.15, -0.1) is 0 Å². The molecule has 2 nitrogen and oxygen atoms in total. The molecular formula is C8H13FO2. The molecule has 0 unspecified atom stereocenters. The van der Waals surface area contributed by atoms with Crippen molar-refractivity contribution >= 4 is 0 Å². The molecule has 0 fully saturated rings. The van der Waals surface area contributed by atoms with Gasteiger partial charge in [0.2, 0.25) is 0 Å². The van der Waals surface area contributed by atoms with Gasteiger partial charge in [-0.1, -0.05) is 12.2 Å². The van der Waals surface area contributed by atoms with Crippen molar-refractivity contribution in [1.29, 1.82) is 0 Å². The minimum Gasteiger partial charge on any atom is -0.378 e. The second-order valence-electron chi connectivity index (χ2n) is 2.61. The Bertz CT molecular complexity index is 147. The molecule has 0 heterocycles. The van der Waals surface area contributed by atoms with Crippen molar-refractivity contribution in [3.8, 4) is 0 Å². The van der Waals surface area contributed by atoms with Gasteiger partial charge in [-0.05, 0) is 0 Å². The number of hydrogen-bond acceptors (Lipinski definition) is 2. The van der Waals surface area contributed by atoms with E-state index in [2.05, 4.69) is 0 Å². The number of rotatable bonds is 2. The van der Waals surface area contributed by atoms with Gasteiger partial charge in [0.05, 0.1) is 6.10 Å². The molecular weight excluding hydrogens is 147 g/mol. The van der Waals surface area contributed by atoms with Crippen molar-refractivity contribution in [2.75, 3.05) is 14.2 Å². The Morgan fingerprint density at radius 2 is 2.00 bits per heavy atom. The van der Waals surface area contributed by atoms with Gasteiger partial charge < -0.3 is 9.47 Å². The van der Waals surface area contributed by atoms with Crippen LogP contribution in [-0.4, -0.2) is 32.6 Å². The third kappa shape index (κ3) is 2.01. The highest BCUT2D eigenvalue weighted by Crippen LogP contribution is 2.19. The smallest absolute Gasteiger partial charge is 0.121 e. The van der Waals surface area contributed by atoms with E-state index < -0.39 is 6.17 Å². The van der Waals surface area contributed by atoms with Crippen LogP contribution in [0.3, 0.4) is 0 Å². The Balaban J connectivity index is 2.56. The van der Waals surface area contributed by atoms with Crippen LogP contribution in [0.4, 0.5) is 4.39 Å². The Labute approximate surface area is 66.0 Å². The first-order valence-electron chi connectivity index (χ1n) is 3.66. The van der Waals surface area contributed by atoms with Crippen LogP contribution in [0.15, 0.2) is 12.2 Å². The number of hydrogen-bond donors (Lipinski definition) is 0. The van der Waals surface area contributed by atoms with Gasteiger partial charge in [-0.25, -0.2) is 4.39 Å². The molecule has 1 rings (SSSR count). The van der Waals surface area contributed by atoms with E-state index in [0.717, 1.165) is 0 Å². The van der Waals surface area contributed by atoms with Crippen molar-refractivity contribution in [3.05, 3.63) is 12.2 Å². The minimum atomic E-state index is -0.883. The standard InChI is InChI=1S/C8H13FO2/c1-10-7-4-3-6(9)5-8(7)11-2/h3-4,6-8H,5H2,1-2H3/t6-,7-,8+/m1/s1. The molecule has 0 saturated heterocycles. The number of methoxy groups -OCH3 is 2. The number of allylic oxidation sites excluding steroid dienone is 1. The maximum Gasteiger partial charge on any atom is 0.121 e. The van der Waals surface area contributed by atoms with E-state index in [4.69, 9.17) is 9.47 Å². The van der Waals surface area contributed by atoms with Crippen LogP contribution in [0.5, 0.6) is 0 Å². The van der Waals surface area contributed by atoms with Crippen LogP contribution in [0.2, 0.25) is 0 Å². The quantitative estimate of drug-likeness (QED) is 0.567. The lowest BCUT2D eigenvalue weighted by atomic mass is 10.0. The molecule has 0 N–H and O–H groups in total. The van der Waals surface area contributed by atoms with Crippen LogP contribution < -0.4 is 0 Å². The van der Waals surface area contributed by atoms with Crippen molar-refractivity contribution < 1.29 is 13.9 Å². The maximum atomic E-state index is 12.7. The SMILES string of the molecule is CO[C@H]1C[C@H](F)C=C[C@H]1OC. The van der Waals surface area contributed by atoms with Gasteiger partial charge >= 0.3 is 0 Å². The average Bonchev–Trinajstić information content (AvgIpc) is 2.04. The Hall–Kier alpha value is -0.410. The molecule has 0 amide bonds. The number of alkyl halides is 1. The summed E-state index contributed by atoms with van der Waals surface area (Å²) < 4.78 is 22.8. The lowest BCUT2D eigenvalue weighted by molar-refractivity contribution is -0.0289. The lowest BCUT2D eigenvalue weighted by Gasteiger charge is -2.26. The summed E-state index contributed by atoms with van der Waals surface area (Å²) >= 11 is 0. The van der Waals surface area contributed by atoms with E-state index in [0.29, 0.717) is 6.42 Å². The zero-order valence-corrected chi connectivity index (χ0v) is 6.79. The third-order valence-electron chi connectivity index (χ3n) is 1.91. The summed E-state index contributed by atoms with van der Waals surface area (Å²) in [4.78, 5) is 0. The van der Waals surface area contributed by atoms with Crippen molar-refractivity contribution in [2.24, 2.45) is 0 Å². The van der Waals surface area contributed by atoms with E-state index in [-0.39, 0.29) is 12.2 Å². The van der Waals surface area contributed by atoms with E-state index >= 15 is 0 Å². The topological polar surface area (TPSA) is 18.5 Å². The van der Waals surface area contributed by atoms with Crippen LogP contribution in [0, 0.1) is 0 Å². The normalized spacial score (nSPS) is 37.5. The second kappa shape index (κ2) is 3.83. The molecule has 0 radical (unpaired) electrons. The van der Waals surface area contributed by atoms with Gasteiger partial charge in [0.1, 0.15) is 12.3 Å². The third-order valence-corrected chi connectivity index (χ3v) is 1.91. The molecule has 1 aliphatic rings. The van der Waals surface area contributed by atoms with E-state index in [9.17, 15) is 4.39 Å². The summed E-state index contributed by atoms with van der Waals surface area (Å²) in [6.07, 6.45) is 2.51. The number of halogens is 1. The fourth-order valence-corrected chi connectivity index (χ4v) is 1.25. The summed E-state index contributed by atoms with van der Waals surface area (Å²) in [5, 5.41) is 0. The summed E-state index contributed by atoms with van der Waals surface area (Å²) in [7, 11) is 3.17. The predicted octanol–water partition coefficient (Wildman–Crippen LogP) is 1.31. The first-order chi connectivity index (χ1) is 5.27. The van der Waals surface area contributed by atoms with Crippen LogP contribution in [0.25, 0.3) is 0 Å². The zero-order chi connectivity index (χ0) is 8.27. The molecule has 0 aliphatic heterocycles. The zero-order valence-electron chi connectivity index (χ0n) is 6.79. The monoisotopic (exact) mass is 160 g/mol. The van der Waals surface area contributed by atoms with E-state index in [1.807, 2.05) is 0 Å². The van der Waals surface area contributed by atoms with Gasteiger partial charge in [-0.2, -0.15) is 0 Å². The summed E-state index contributed by atoms with van der Waals surface area (Å²) in [6.45, 7) is 0. The van der Waals surface area contributed by atoms with E-state index in [1.54, 1.807) is 20.3 Å². The van der Waals surface area contributed by atoms with Crippen molar-refractivity contribution in [1.82, 2.24) is 0 Å². The fourth-order valence-electron chi connectivity index (χ4n) is 1.25. The Morgan fingerprint density at radius 3 is 2.55 bits per heavy atom. The molecule has 0 bridgehead atoms. The highest BCUT2D eigenvalue weighted by Gasteiger charge is 2.25. The highest BCUT2D eigenvalue weighted by molar-refractivity contribution is 5.04. The summed E-state index contributed by atoms with van der Waals surface area (Å²) in [5.41, 5.74) is 0. The molecule has 64 valence electrons. The minimum absolute atomic E-state index is 0.0907. The maximum absolute atomic E-state index is 12.7. The molecule has 0 saturated carbocycles. The molecule has 0 aromatic carbocycles. The number of ether oxygens (including phenoxy) is 2. The molecule has 11 heavy (non-hydrogen) atoms.